The highest BCUT2D eigenvalue weighted by Gasteiger charge is 2.15. The summed E-state index contributed by atoms with van der Waals surface area (Å²) in [5.74, 6) is -0.323. The molecule has 0 aliphatic rings. The van der Waals surface area contributed by atoms with E-state index in [0.29, 0.717) is 34.7 Å². The minimum Gasteiger partial charge on any atom is -0.480 e. The molecule has 0 spiro atoms. The maximum absolute atomic E-state index is 12.0. The molecule has 4 aromatic heterocycles. The number of hydrogen-bond donors (Lipinski definition) is 9. The van der Waals surface area contributed by atoms with E-state index in [0.717, 1.165) is 29.2 Å². The van der Waals surface area contributed by atoms with E-state index >= 15 is 0 Å². The molecule has 0 saturated heterocycles. The van der Waals surface area contributed by atoms with E-state index in [9.17, 15) is 19.2 Å². The summed E-state index contributed by atoms with van der Waals surface area (Å²) in [5, 5.41) is 43.8. The Bertz CT molecular complexity index is 1690. The van der Waals surface area contributed by atoms with Crippen LogP contribution in [0.1, 0.15) is 25.2 Å². The summed E-state index contributed by atoms with van der Waals surface area (Å²) < 4.78 is 0. The van der Waals surface area contributed by atoms with E-state index < -0.39 is 32.2 Å². The molecule has 53 heavy (non-hydrogen) atoms. The zero-order valence-corrected chi connectivity index (χ0v) is 30.8. The number of carbonyl (C=O) groups excluding carboxylic acids is 3. The summed E-state index contributed by atoms with van der Waals surface area (Å²) in [5.41, 5.74) is 8.75. The third-order valence-electron chi connectivity index (χ3n) is 5.96. The predicted molar refractivity (Wildman–Crippen MR) is 205 cm³/mol. The average Bonchev–Trinajstić information content (AvgIpc) is 3.79. The zero-order valence-electron chi connectivity index (χ0n) is 29.1. The predicted octanol–water partition coefficient (Wildman–Crippen LogP) is -0.160. The quantitative estimate of drug-likeness (QED) is 0.0340. The number of anilines is 2. The third kappa shape index (κ3) is 18.3. The zero-order chi connectivity index (χ0) is 39.2. The Morgan fingerprint density at radius 3 is 1.75 bits per heavy atom. The molecule has 278 valence electrons. The monoisotopic (exact) mass is 766 g/mol. The Labute approximate surface area is 315 Å². The van der Waals surface area contributed by atoms with Crippen molar-refractivity contribution in [1.82, 2.24) is 41.2 Å². The number of thiazole rings is 2. The number of nitrogens with two attached hydrogens (primary N) is 1. The fourth-order valence-electron chi connectivity index (χ4n) is 3.38. The summed E-state index contributed by atoms with van der Waals surface area (Å²) in [6.45, 7) is 6.70. The second-order valence-electron chi connectivity index (χ2n) is 10.6. The Kier molecular flexibility index (Phi) is 20.9. The van der Waals surface area contributed by atoms with Crippen LogP contribution in [0.3, 0.4) is 0 Å². The van der Waals surface area contributed by atoms with Gasteiger partial charge in [0.25, 0.3) is 14.8 Å². The van der Waals surface area contributed by atoms with Gasteiger partial charge in [0.15, 0.2) is 0 Å². The van der Waals surface area contributed by atoms with Crippen molar-refractivity contribution in [2.45, 2.75) is 52.8 Å². The first-order valence-corrected chi connectivity index (χ1v) is 17.4. The number of pyridine rings is 2. The Morgan fingerprint density at radius 1 is 0.849 bits per heavy atom. The van der Waals surface area contributed by atoms with Gasteiger partial charge in [-0.25, -0.2) is 20.8 Å². The highest BCUT2D eigenvalue weighted by molar-refractivity contribution is 7.13. The molecule has 0 fully saturated rings. The van der Waals surface area contributed by atoms with Crippen LogP contribution in [0.25, 0.3) is 21.1 Å². The van der Waals surface area contributed by atoms with E-state index in [4.69, 9.17) is 30.6 Å². The van der Waals surface area contributed by atoms with Crippen molar-refractivity contribution in [3.05, 3.63) is 58.8 Å². The van der Waals surface area contributed by atoms with Gasteiger partial charge >= 0.3 is 20.1 Å². The number of aromatic nitrogens is 4. The molecule has 0 saturated carbocycles. The second kappa shape index (κ2) is 24.8. The lowest BCUT2D eigenvalue weighted by Crippen LogP contribution is -2.40. The molecule has 10 N–H and O–H groups in total. The normalized spacial score (nSPS) is 11.4. The van der Waals surface area contributed by atoms with Crippen molar-refractivity contribution >= 4 is 87.5 Å². The number of nitrogens with zero attached hydrogens (tertiary/aromatic N) is 4. The largest absolute Gasteiger partial charge is 0.480 e. The number of amides is 1. The van der Waals surface area contributed by atoms with Crippen LogP contribution in [0.2, 0.25) is 13.6 Å². The second-order valence-corrected chi connectivity index (χ2v) is 12.3. The van der Waals surface area contributed by atoms with Crippen molar-refractivity contribution in [3.63, 3.8) is 0 Å². The minimum atomic E-state index is -0.979. The van der Waals surface area contributed by atoms with Gasteiger partial charge in [0.1, 0.15) is 34.9 Å². The fourth-order valence-corrected chi connectivity index (χ4v) is 4.82. The topological polar surface area (TPSA) is 285 Å². The molecule has 0 unspecified atom stereocenters. The molecule has 19 nitrogen and oxygen atoms in total. The van der Waals surface area contributed by atoms with Crippen LogP contribution in [0, 0.1) is 0 Å². The number of carbonyl (C=O) groups is 4. The van der Waals surface area contributed by atoms with Crippen LogP contribution in [0.4, 0.5) is 11.6 Å². The lowest BCUT2D eigenvalue weighted by atomic mass is 9.92. The van der Waals surface area contributed by atoms with E-state index in [1.165, 1.54) is 37.0 Å². The Hall–Kier alpha value is -4.42. The van der Waals surface area contributed by atoms with Gasteiger partial charge in [0.05, 0.1) is 35.8 Å². The van der Waals surface area contributed by atoms with Crippen LogP contribution < -0.4 is 32.3 Å². The SMILES string of the molecule is CB(O)NOCc1ccc(-c2nc(N)cs2)cn1.CB(O)NOCc1ccc(-c2nc(NC(=O)[C@H](C)N[B]C=O)cs2)cn1.C[C@H](N[B]C=O)C(=O)O. The molecule has 0 aliphatic heterocycles. The molecule has 25 heteroatoms. The number of nitrogen functional groups attached to an aromatic ring is 1. The van der Waals surface area contributed by atoms with Crippen molar-refractivity contribution in [1.29, 1.82) is 0 Å². The number of hydrogen-bond acceptors (Lipinski definition) is 19. The van der Waals surface area contributed by atoms with Gasteiger partial charge in [-0.15, -0.1) is 22.7 Å². The first kappa shape index (κ1) is 44.7. The molecule has 4 aromatic rings. The standard InChI is InChI=1S/C14H18B2N5O4S.C10H13BN4O2S.C4H7BNO3/c1-9(20-15-8-22)13(23)18-12-7-26-14(19-12)10-3-4-11(17-5-10)6-25-21-16(2)24;1-11(16)15-17-5-8-3-2-7(4-13-8)10-14-9(12)6-18-10;1-3(4(8)9)6-5-2-7/h3-5,7-9,20-21,24H,6H2,1-2H3,(H,18,23);2-4,6,15-16H,5,12H2,1H3;2-3,6H,1H3,(H,8,9)/t9-;;3-/m0.0/s1. The maximum atomic E-state index is 12.0. The molecule has 0 aliphatic carbocycles. The fraction of sp³-hybridized carbons (Fsp3) is 0.286. The van der Waals surface area contributed by atoms with Crippen molar-refractivity contribution in [2.75, 3.05) is 11.1 Å². The number of aliphatic carboxylic acids is 1. The molecule has 4 heterocycles. The summed E-state index contributed by atoms with van der Waals surface area (Å²) in [7, 11) is 0.762. The number of rotatable bonds is 19. The first-order chi connectivity index (χ1) is 25.3. The number of carboxylic acid groups (broad SMARTS) is 1. The number of nitrogens with one attached hydrogen (secondary N) is 5. The number of carboxylic acids is 1. The van der Waals surface area contributed by atoms with Crippen LogP contribution in [-0.2, 0) is 42.1 Å². The average molecular weight is 766 g/mol. The van der Waals surface area contributed by atoms with E-state index in [1.54, 1.807) is 49.8 Å². The van der Waals surface area contributed by atoms with Gasteiger partial charge in [-0.3, -0.25) is 19.6 Å². The molecule has 0 aromatic carbocycles. The summed E-state index contributed by atoms with van der Waals surface area (Å²) in [6, 6.07) is 6.14. The van der Waals surface area contributed by atoms with Gasteiger partial charge in [-0.2, -0.15) is 0 Å². The van der Waals surface area contributed by atoms with Crippen LogP contribution in [0.5, 0.6) is 0 Å². The molecular weight excluding hydrogens is 728 g/mol. The van der Waals surface area contributed by atoms with Crippen LogP contribution in [-0.4, -0.2) is 100 Å². The van der Waals surface area contributed by atoms with Crippen LogP contribution >= 0.6 is 22.7 Å². The highest BCUT2D eigenvalue weighted by Crippen LogP contribution is 2.26. The van der Waals surface area contributed by atoms with Crippen molar-refractivity contribution in [3.8, 4) is 21.1 Å². The van der Waals surface area contributed by atoms with E-state index in [1.807, 2.05) is 18.2 Å². The lowest BCUT2D eigenvalue weighted by Gasteiger charge is -2.10. The molecular formula is C28H38B4N10O9S2. The molecule has 1 amide bonds. The highest BCUT2D eigenvalue weighted by atomic mass is 32.1. The summed E-state index contributed by atoms with van der Waals surface area (Å²) in [6.07, 6.45) is 4.46. The van der Waals surface area contributed by atoms with Crippen LogP contribution in [0.15, 0.2) is 47.4 Å². The molecule has 2 atom stereocenters. The van der Waals surface area contributed by atoms with Gasteiger partial charge < -0.3 is 55.9 Å². The first-order valence-electron chi connectivity index (χ1n) is 15.6. The van der Waals surface area contributed by atoms with E-state index in [-0.39, 0.29) is 19.1 Å². The van der Waals surface area contributed by atoms with Gasteiger partial charge in [0.2, 0.25) is 5.91 Å². The lowest BCUT2D eigenvalue weighted by molar-refractivity contribution is -0.138. The Morgan fingerprint density at radius 2 is 1.34 bits per heavy atom. The molecule has 0 bridgehead atoms. The minimum absolute atomic E-state index is 0.215. The summed E-state index contributed by atoms with van der Waals surface area (Å²) >= 11 is 2.85. The molecule has 2 radical (unpaired) electrons. The van der Waals surface area contributed by atoms with Crippen molar-refractivity contribution < 1.29 is 44.0 Å². The van der Waals surface area contributed by atoms with Gasteiger partial charge in [-0.1, -0.05) is 0 Å². The maximum Gasteiger partial charge on any atom is 0.398 e. The smallest absolute Gasteiger partial charge is 0.398 e. The van der Waals surface area contributed by atoms with E-state index in [2.05, 4.69) is 46.5 Å². The van der Waals surface area contributed by atoms with Gasteiger partial charge in [-0.05, 0) is 51.8 Å². The molecule has 4 rings (SSSR count). The van der Waals surface area contributed by atoms with Crippen molar-refractivity contribution in [2.24, 2.45) is 0 Å². The van der Waals surface area contributed by atoms with Gasteiger partial charge in [0, 0.05) is 34.3 Å². The Balaban J connectivity index is 0.000000310. The summed E-state index contributed by atoms with van der Waals surface area (Å²) in [4.78, 5) is 69.0. The third-order valence-corrected chi connectivity index (χ3v) is 7.76.